The summed E-state index contributed by atoms with van der Waals surface area (Å²) in [5.41, 5.74) is 3.49. The van der Waals surface area contributed by atoms with E-state index in [4.69, 9.17) is 0 Å². The zero-order valence-corrected chi connectivity index (χ0v) is 10.9. The fourth-order valence-corrected chi connectivity index (χ4v) is 1.61. The summed E-state index contributed by atoms with van der Waals surface area (Å²) in [6.45, 7) is 3.91. The smallest absolute Gasteiger partial charge is 0.305 e. The topological polar surface area (TPSA) is 53.8 Å². The van der Waals surface area contributed by atoms with Crippen molar-refractivity contribution in [1.29, 1.82) is 0 Å². The molecular weight excluding hydrogens is 238 g/mol. The third-order valence-electron chi connectivity index (χ3n) is 2.65. The first-order chi connectivity index (χ1) is 9.15. The Morgan fingerprint density at radius 1 is 1.05 bits per heavy atom. The van der Waals surface area contributed by atoms with Gasteiger partial charge in [0.15, 0.2) is 0 Å². The average Bonchev–Trinajstić information content (AvgIpc) is 2.42. The first-order valence-electron chi connectivity index (χ1n) is 6.00. The maximum absolute atomic E-state index is 11.7. The van der Waals surface area contributed by atoms with Gasteiger partial charge < -0.3 is 5.32 Å². The van der Waals surface area contributed by atoms with Crippen LogP contribution in [0.15, 0.2) is 58.8 Å². The van der Waals surface area contributed by atoms with Crippen molar-refractivity contribution in [1.82, 2.24) is 0 Å². The number of urea groups is 1. The molecule has 0 aliphatic heterocycles. The van der Waals surface area contributed by atoms with Crippen LogP contribution < -0.4 is 5.32 Å². The molecule has 0 aliphatic carbocycles. The molecule has 2 amide bonds. The van der Waals surface area contributed by atoms with E-state index in [0.29, 0.717) is 5.69 Å². The number of anilines is 1. The van der Waals surface area contributed by atoms with Gasteiger partial charge in [-0.3, -0.25) is 0 Å². The first kappa shape index (κ1) is 13.0. The van der Waals surface area contributed by atoms with Crippen LogP contribution in [-0.4, -0.2) is 6.03 Å². The predicted molar refractivity (Wildman–Crippen MR) is 75.9 cm³/mol. The standard InChI is InChI=1S/C15H15N3O/c1-11-8-9-12(2)14(10-11)16-15(19)18-17-13-6-4-3-5-7-13/h3-10H,1-2H3,(H,16,19). The van der Waals surface area contributed by atoms with Crippen molar-refractivity contribution in [3.05, 3.63) is 59.7 Å². The lowest BCUT2D eigenvalue weighted by atomic mass is 10.1. The molecule has 2 aromatic rings. The summed E-state index contributed by atoms with van der Waals surface area (Å²) < 4.78 is 0. The van der Waals surface area contributed by atoms with Crippen molar-refractivity contribution in [2.45, 2.75) is 13.8 Å². The molecule has 0 fully saturated rings. The van der Waals surface area contributed by atoms with Gasteiger partial charge in [0.1, 0.15) is 0 Å². The van der Waals surface area contributed by atoms with Crippen LogP contribution in [0.3, 0.4) is 0 Å². The maximum Gasteiger partial charge on any atom is 0.364 e. The molecule has 1 N–H and O–H groups in total. The molecular formula is C15H15N3O. The molecule has 0 unspecified atom stereocenters. The number of carbonyl (C=O) groups is 1. The molecule has 0 bridgehead atoms. The molecule has 96 valence electrons. The lowest BCUT2D eigenvalue weighted by Gasteiger charge is -2.06. The summed E-state index contributed by atoms with van der Waals surface area (Å²) >= 11 is 0. The highest BCUT2D eigenvalue weighted by molar-refractivity contribution is 5.90. The van der Waals surface area contributed by atoms with Gasteiger partial charge in [0.25, 0.3) is 0 Å². The van der Waals surface area contributed by atoms with Crippen LogP contribution in [0.2, 0.25) is 0 Å². The second-order valence-electron chi connectivity index (χ2n) is 4.28. The number of hydrogen-bond acceptors (Lipinski definition) is 2. The summed E-state index contributed by atoms with van der Waals surface area (Å²) in [6.07, 6.45) is 0. The highest BCUT2D eigenvalue weighted by Gasteiger charge is 2.03. The van der Waals surface area contributed by atoms with Gasteiger partial charge in [-0.1, -0.05) is 35.4 Å². The Kier molecular flexibility index (Phi) is 4.03. The second kappa shape index (κ2) is 5.91. The molecule has 4 nitrogen and oxygen atoms in total. The van der Waals surface area contributed by atoms with E-state index in [-0.39, 0.29) is 0 Å². The quantitative estimate of drug-likeness (QED) is 0.780. The molecule has 2 rings (SSSR count). The summed E-state index contributed by atoms with van der Waals surface area (Å²) in [5.74, 6) is 0. The van der Waals surface area contributed by atoms with E-state index >= 15 is 0 Å². The van der Waals surface area contributed by atoms with Gasteiger partial charge in [0.05, 0.1) is 5.69 Å². The van der Waals surface area contributed by atoms with Crippen molar-refractivity contribution in [2.75, 3.05) is 5.32 Å². The monoisotopic (exact) mass is 253 g/mol. The summed E-state index contributed by atoms with van der Waals surface area (Å²) in [6, 6.07) is 14.5. The Balaban J connectivity index is 2.06. The molecule has 0 heterocycles. The van der Waals surface area contributed by atoms with E-state index in [2.05, 4.69) is 15.5 Å². The van der Waals surface area contributed by atoms with Crippen LogP contribution in [0.5, 0.6) is 0 Å². The summed E-state index contributed by atoms with van der Waals surface area (Å²) in [7, 11) is 0. The first-order valence-corrected chi connectivity index (χ1v) is 6.00. The fraction of sp³-hybridized carbons (Fsp3) is 0.133. The van der Waals surface area contributed by atoms with Crippen molar-refractivity contribution in [2.24, 2.45) is 10.2 Å². The Bertz CT molecular complexity index is 606. The molecule has 0 saturated heterocycles. The Hall–Kier alpha value is -2.49. The zero-order chi connectivity index (χ0) is 13.7. The number of nitrogens with zero attached hydrogens (tertiary/aromatic N) is 2. The second-order valence-corrected chi connectivity index (χ2v) is 4.28. The van der Waals surface area contributed by atoms with Crippen molar-refractivity contribution < 1.29 is 4.79 Å². The van der Waals surface area contributed by atoms with Gasteiger partial charge >= 0.3 is 6.03 Å². The number of hydrogen-bond donors (Lipinski definition) is 1. The Morgan fingerprint density at radius 2 is 1.79 bits per heavy atom. The van der Waals surface area contributed by atoms with Crippen LogP contribution >= 0.6 is 0 Å². The van der Waals surface area contributed by atoms with E-state index in [9.17, 15) is 4.79 Å². The molecule has 0 atom stereocenters. The number of azo groups is 1. The maximum atomic E-state index is 11.7. The van der Waals surface area contributed by atoms with Crippen molar-refractivity contribution in [3.63, 3.8) is 0 Å². The van der Waals surface area contributed by atoms with E-state index in [1.54, 1.807) is 12.1 Å². The molecule has 0 radical (unpaired) electrons. The van der Waals surface area contributed by atoms with Crippen LogP contribution in [0, 0.1) is 13.8 Å². The third-order valence-corrected chi connectivity index (χ3v) is 2.65. The Labute approximate surface area is 112 Å². The van der Waals surface area contributed by atoms with Gasteiger partial charge in [0.2, 0.25) is 0 Å². The molecule has 0 aromatic heterocycles. The number of benzene rings is 2. The normalized spacial score (nSPS) is 10.6. The number of nitrogens with one attached hydrogen (secondary N) is 1. The molecule has 2 aromatic carbocycles. The number of rotatable bonds is 2. The number of aryl methyl sites for hydroxylation is 2. The van der Waals surface area contributed by atoms with Crippen LogP contribution in [-0.2, 0) is 0 Å². The van der Waals surface area contributed by atoms with Gasteiger partial charge in [-0.15, -0.1) is 5.11 Å². The molecule has 0 saturated carbocycles. The van der Waals surface area contributed by atoms with Gasteiger partial charge in [0, 0.05) is 5.69 Å². The fourth-order valence-electron chi connectivity index (χ4n) is 1.61. The number of carbonyl (C=O) groups excluding carboxylic acids is 1. The zero-order valence-electron chi connectivity index (χ0n) is 10.9. The lowest BCUT2D eigenvalue weighted by Crippen LogP contribution is -2.06. The van der Waals surface area contributed by atoms with Crippen LogP contribution in [0.1, 0.15) is 11.1 Å². The van der Waals surface area contributed by atoms with Crippen molar-refractivity contribution in [3.8, 4) is 0 Å². The molecule has 0 aliphatic rings. The number of amides is 2. The molecule has 4 heteroatoms. The van der Waals surface area contributed by atoms with Crippen LogP contribution in [0.4, 0.5) is 16.2 Å². The van der Waals surface area contributed by atoms with Gasteiger partial charge in [-0.2, -0.15) is 0 Å². The largest absolute Gasteiger partial charge is 0.364 e. The Morgan fingerprint density at radius 3 is 2.53 bits per heavy atom. The third kappa shape index (κ3) is 3.74. The minimum absolute atomic E-state index is 0.474. The summed E-state index contributed by atoms with van der Waals surface area (Å²) in [5, 5.41) is 10.2. The molecule has 19 heavy (non-hydrogen) atoms. The summed E-state index contributed by atoms with van der Waals surface area (Å²) in [4.78, 5) is 11.7. The highest BCUT2D eigenvalue weighted by Crippen LogP contribution is 2.17. The van der Waals surface area contributed by atoms with Crippen molar-refractivity contribution >= 4 is 17.4 Å². The van der Waals surface area contributed by atoms with E-state index < -0.39 is 6.03 Å². The SMILES string of the molecule is Cc1ccc(C)c(NC(=O)N=Nc2ccccc2)c1. The highest BCUT2D eigenvalue weighted by atomic mass is 16.2. The minimum Gasteiger partial charge on any atom is -0.305 e. The van der Waals surface area contributed by atoms with E-state index in [1.165, 1.54) is 0 Å². The van der Waals surface area contributed by atoms with E-state index in [1.807, 2.05) is 50.2 Å². The van der Waals surface area contributed by atoms with Gasteiger partial charge in [-0.25, -0.2) is 4.79 Å². The predicted octanol–water partition coefficient (Wildman–Crippen LogP) is 4.62. The average molecular weight is 253 g/mol. The molecule has 0 spiro atoms. The lowest BCUT2D eigenvalue weighted by molar-refractivity contribution is 0.258. The van der Waals surface area contributed by atoms with E-state index in [0.717, 1.165) is 16.8 Å². The minimum atomic E-state index is -0.474. The van der Waals surface area contributed by atoms with Crippen LogP contribution in [0.25, 0.3) is 0 Å². The van der Waals surface area contributed by atoms with Gasteiger partial charge in [-0.05, 0) is 43.2 Å².